The van der Waals surface area contributed by atoms with Gasteiger partial charge in [-0.25, -0.2) is 0 Å². The van der Waals surface area contributed by atoms with Crippen molar-refractivity contribution in [1.82, 2.24) is 0 Å². The van der Waals surface area contributed by atoms with Crippen LogP contribution in [0.4, 0.5) is 0 Å². The Kier molecular flexibility index (Phi) is 3.63. The van der Waals surface area contributed by atoms with Gasteiger partial charge in [-0.05, 0) is 38.3 Å². The highest BCUT2D eigenvalue weighted by Gasteiger charge is 2.17. The molecule has 1 aromatic heterocycles. The molecular formula is C15H10BrClOS. The Hall–Kier alpha value is -0.870. The summed E-state index contributed by atoms with van der Waals surface area (Å²) in [7, 11) is 0. The Morgan fingerprint density at radius 1 is 1.11 bits per heavy atom. The number of thiophene rings is 1. The van der Waals surface area contributed by atoms with Gasteiger partial charge >= 0.3 is 0 Å². The van der Waals surface area contributed by atoms with Crippen LogP contribution < -0.4 is 0 Å². The Morgan fingerprint density at radius 2 is 1.84 bits per heavy atom. The third kappa shape index (κ3) is 2.43. The molecule has 0 amide bonds. The van der Waals surface area contributed by atoms with Crippen LogP contribution in [0.25, 0.3) is 10.8 Å². The van der Waals surface area contributed by atoms with Crippen molar-refractivity contribution in [2.24, 2.45) is 0 Å². The molecule has 0 bridgehead atoms. The van der Waals surface area contributed by atoms with Crippen molar-refractivity contribution in [3.05, 3.63) is 67.8 Å². The van der Waals surface area contributed by atoms with Crippen molar-refractivity contribution in [3.8, 4) is 0 Å². The molecular weight excluding hydrogens is 344 g/mol. The lowest BCUT2D eigenvalue weighted by molar-refractivity contribution is 0.225. The molecule has 1 heterocycles. The zero-order chi connectivity index (χ0) is 13.4. The van der Waals surface area contributed by atoms with E-state index in [4.69, 9.17) is 11.6 Å². The maximum absolute atomic E-state index is 10.6. The molecule has 3 aromatic rings. The Balaban J connectivity index is 2.13. The van der Waals surface area contributed by atoms with Gasteiger partial charge < -0.3 is 5.11 Å². The number of fused-ring (bicyclic) bond motifs is 1. The molecule has 0 aliphatic rings. The SMILES string of the molecule is OC(c1cc(Br)c(Cl)s1)c1cccc2ccccc12. The van der Waals surface area contributed by atoms with Crippen LogP contribution >= 0.6 is 38.9 Å². The number of halogens is 2. The predicted molar refractivity (Wildman–Crippen MR) is 85.0 cm³/mol. The van der Waals surface area contributed by atoms with E-state index in [1.54, 1.807) is 0 Å². The number of rotatable bonds is 2. The highest BCUT2D eigenvalue weighted by molar-refractivity contribution is 9.10. The first-order valence-corrected chi connectivity index (χ1v) is 7.76. The summed E-state index contributed by atoms with van der Waals surface area (Å²) >= 11 is 10.8. The molecule has 1 atom stereocenters. The average Bonchev–Trinajstić information content (AvgIpc) is 2.77. The first-order chi connectivity index (χ1) is 9.16. The molecule has 0 aliphatic heterocycles. The van der Waals surface area contributed by atoms with Crippen LogP contribution in [0.3, 0.4) is 0 Å². The van der Waals surface area contributed by atoms with Gasteiger partial charge in [-0.3, -0.25) is 0 Å². The van der Waals surface area contributed by atoms with E-state index in [0.29, 0.717) is 4.34 Å². The third-order valence-electron chi connectivity index (χ3n) is 3.05. The number of hydrogen-bond donors (Lipinski definition) is 1. The molecule has 0 saturated carbocycles. The molecule has 4 heteroatoms. The molecule has 0 radical (unpaired) electrons. The quantitative estimate of drug-likeness (QED) is 0.654. The first kappa shape index (κ1) is 13.1. The standard InChI is InChI=1S/C15H10BrClOS/c16-12-8-13(19-15(12)17)14(18)11-7-3-5-9-4-1-2-6-10(9)11/h1-8,14,18H. The topological polar surface area (TPSA) is 20.2 Å². The van der Waals surface area contributed by atoms with Crippen molar-refractivity contribution in [2.75, 3.05) is 0 Å². The Morgan fingerprint density at radius 3 is 2.58 bits per heavy atom. The monoisotopic (exact) mass is 352 g/mol. The summed E-state index contributed by atoms with van der Waals surface area (Å²) < 4.78 is 1.49. The van der Waals surface area contributed by atoms with E-state index in [9.17, 15) is 5.11 Å². The van der Waals surface area contributed by atoms with Gasteiger partial charge in [0.2, 0.25) is 0 Å². The van der Waals surface area contributed by atoms with E-state index in [2.05, 4.69) is 15.9 Å². The minimum absolute atomic E-state index is 0.653. The number of aliphatic hydroxyl groups excluding tert-OH is 1. The molecule has 0 aliphatic carbocycles. The maximum atomic E-state index is 10.6. The summed E-state index contributed by atoms with van der Waals surface area (Å²) in [4.78, 5) is 0.841. The minimum atomic E-state index is -0.653. The highest BCUT2D eigenvalue weighted by atomic mass is 79.9. The Labute approximate surface area is 128 Å². The average molecular weight is 354 g/mol. The normalized spacial score (nSPS) is 12.8. The summed E-state index contributed by atoms with van der Waals surface area (Å²) in [5.41, 5.74) is 0.906. The summed E-state index contributed by atoms with van der Waals surface area (Å²) in [6.45, 7) is 0. The predicted octanol–water partition coefficient (Wildman–Crippen LogP) is 5.40. The molecule has 0 fully saturated rings. The van der Waals surface area contributed by atoms with Crippen molar-refractivity contribution in [3.63, 3.8) is 0 Å². The van der Waals surface area contributed by atoms with Gasteiger partial charge in [0.25, 0.3) is 0 Å². The van der Waals surface area contributed by atoms with E-state index < -0.39 is 6.10 Å². The number of aliphatic hydroxyl groups is 1. The fraction of sp³-hybridized carbons (Fsp3) is 0.0667. The van der Waals surface area contributed by atoms with Crippen molar-refractivity contribution in [2.45, 2.75) is 6.10 Å². The fourth-order valence-corrected chi connectivity index (χ4v) is 3.88. The molecule has 1 unspecified atom stereocenters. The second-order valence-corrected chi connectivity index (χ2v) is 6.78. The van der Waals surface area contributed by atoms with Crippen LogP contribution in [-0.2, 0) is 0 Å². The molecule has 1 N–H and O–H groups in total. The molecule has 1 nitrogen and oxygen atoms in total. The van der Waals surface area contributed by atoms with Gasteiger partial charge in [-0.2, -0.15) is 0 Å². The minimum Gasteiger partial charge on any atom is -0.383 e. The highest BCUT2D eigenvalue weighted by Crippen LogP contribution is 2.38. The molecule has 96 valence electrons. The van der Waals surface area contributed by atoms with Gasteiger partial charge in [-0.1, -0.05) is 54.1 Å². The van der Waals surface area contributed by atoms with E-state index >= 15 is 0 Å². The van der Waals surface area contributed by atoms with Gasteiger partial charge in [0.1, 0.15) is 10.4 Å². The summed E-state index contributed by atoms with van der Waals surface area (Å²) in [5.74, 6) is 0. The summed E-state index contributed by atoms with van der Waals surface area (Å²) in [6.07, 6.45) is -0.653. The lowest BCUT2D eigenvalue weighted by Crippen LogP contribution is -1.97. The van der Waals surface area contributed by atoms with Crippen LogP contribution in [0.5, 0.6) is 0 Å². The molecule has 0 spiro atoms. The first-order valence-electron chi connectivity index (χ1n) is 5.77. The smallest absolute Gasteiger partial charge is 0.114 e. The lowest BCUT2D eigenvalue weighted by atomic mass is 10.00. The fourth-order valence-electron chi connectivity index (χ4n) is 2.14. The number of benzene rings is 2. The lowest BCUT2D eigenvalue weighted by Gasteiger charge is -2.12. The van der Waals surface area contributed by atoms with Gasteiger partial charge in [0, 0.05) is 9.35 Å². The second-order valence-electron chi connectivity index (χ2n) is 4.24. The molecule has 2 aromatic carbocycles. The van der Waals surface area contributed by atoms with E-state index in [0.717, 1.165) is 25.7 Å². The van der Waals surface area contributed by atoms with E-state index in [-0.39, 0.29) is 0 Å². The van der Waals surface area contributed by atoms with Crippen LogP contribution in [0, 0.1) is 0 Å². The maximum Gasteiger partial charge on any atom is 0.114 e. The third-order valence-corrected chi connectivity index (χ3v) is 5.58. The van der Waals surface area contributed by atoms with Crippen LogP contribution in [0.2, 0.25) is 4.34 Å². The molecule has 19 heavy (non-hydrogen) atoms. The van der Waals surface area contributed by atoms with Crippen molar-refractivity contribution < 1.29 is 5.11 Å². The Bertz CT molecular complexity index is 713. The molecule has 0 saturated heterocycles. The van der Waals surface area contributed by atoms with E-state index in [1.807, 2.05) is 48.5 Å². The summed E-state index contributed by atoms with van der Waals surface area (Å²) in [6, 6.07) is 15.9. The van der Waals surface area contributed by atoms with Crippen LogP contribution in [0.15, 0.2) is 53.0 Å². The van der Waals surface area contributed by atoms with Gasteiger partial charge in [0.05, 0.1) is 0 Å². The van der Waals surface area contributed by atoms with Crippen LogP contribution in [-0.4, -0.2) is 5.11 Å². The van der Waals surface area contributed by atoms with Gasteiger partial charge in [0.15, 0.2) is 0 Å². The van der Waals surface area contributed by atoms with E-state index in [1.165, 1.54) is 11.3 Å². The van der Waals surface area contributed by atoms with Crippen molar-refractivity contribution in [1.29, 1.82) is 0 Å². The van der Waals surface area contributed by atoms with Crippen LogP contribution in [0.1, 0.15) is 16.5 Å². The second kappa shape index (κ2) is 5.25. The van der Waals surface area contributed by atoms with Gasteiger partial charge in [-0.15, -0.1) is 11.3 Å². The van der Waals surface area contributed by atoms with Crippen molar-refractivity contribution >= 4 is 49.6 Å². The zero-order valence-electron chi connectivity index (χ0n) is 9.81. The zero-order valence-corrected chi connectivity index (χ0v) is 13.0. The largest absolute Gasteiger partial charge is 0.383 e. The number of hydrogen-bond acceptors (Lipinski definition) is 2. The molecule has 3 rings (SSSR count). The summed E-state index contributed by atoms with van der Waals surface area (Å²) in [5, 5.41) is 12.8.